The fourth-order valence-electron chi connectivity index (χ4n) is 4.72. The van der Waals surface area contributed by atoms with Crippen LogP contribution in [0.4, 0.5) is 11.4 Å². The van der Waals surface area contributed by atoms with E-state index in [1.54, 1.807) is 24.3 Å². The number of para-hydroxylation sites is 2. The number of aryl methyl sites for hydroxylation is 2. The number of hydrogen-bond donors (Lipinski definition) is 1. The maximum absolute atomic E-state index is 13.3. The minimum Gasteiger partial charge on any atom is -0.321 e. The van der Waals surface area contributed by atoms with Gasteiger partial charge in [0.25, 0.3) is 5.91 Å². The van der Waals surface area contributed by atoms with Gasteiger partial charge in [-0.2, -0.15) is 0 Å². The molecule has 1 N–H and O–H groups in total. The van der Waals surface area contributed by atoms with Crippen LogP contribution in [0, 0.1) is 11.8 Å². The fraction of sp³-hybridized carbons (Fsp3) is 0.346. The molecule has 160 valence electrons. The number of carbonyl (C=O) groups excluding carboxylic acids is 3. The fourth-order valence-corrected chi connectivity index (χ4v) is 4.72. The SMILES string of the molecule is CCc1cccc(CC)c1NC(=O)c1ccccc1N1C(=O)[C@@H]2CC=C(C)C[C@H]2C1=O. The van der Waals surface area contributed by atoms with E-state index < -0.39 is 0 Å². The first-order valence-corrected chi connectivity index (χ1v) is 11.0. The zero-order valence-electron chi connectivity index (χ0n) is 18.3. The van der Waals surface area contributed by atoms with Crippen LogP contribution in [-0.4, -0.2) is 17.7 Å². The van der Waals surface area contributed by atoms with Gasteiger partial charge < -0.3 is 5.32 Å². The number of fused-ring (bicyclic) bond motifs is 1. The van der Waals surface area contributed by atoms with Gasteiger partial charge in [0.2, 0.25) is 11.8 Å². The van der Waals surface area contributed by atoms with E-state index in [0.29, 0.717) is 24.1 Å². The molecule has 2 aromatic carbocycles. The highest BCUT2D eigenvalue weighted by Crippen LogP contribution is 2.40. The number of rotatable bonds is 5. The van der Waals surface area contributed by atoms with E-state index >= 15 is 0 Å². The quantitative estimate of drug-likeness (QED) is 0.556. The van der Waals surface area contributed by atoms with E-state index in [0.717, 1.165) is 35.2 Å². The van der Waals surface area contributed by atoms with E-state index in [-0.39, 0.29) is 29.6 Å². The molecule has 1 fully saturated rings. The predicted molar refractivity (Wildman–Crippen MR) is 122 cm³/mol. The van der Waals surface area contributed by atoms with Gasteiger partial charge in [0.05, 0.1) is 23.1 Å². The normalized spacial score (nSPS) is 20.5. The van der Waals surface area contributed by atoms with Crippen LogP contribution >= 0.6 is 0 Å². The van der Waals surface area contributed by atoms with E-state index in [9.17, 15) is 14.4 Å². The number of benzene rings is 2. The van der Waals surface area contributed by atoms with Crippen LogP contribution in [-0.2, 0) is 22.4 Å². The summed E-state index contributed by atoms with van der Waals surface area (Å²) in [5.41, 5.74) is 4.78. The maximum atomic E-state index is 13.3. The van der Waals surface area contributed by atoms with E-state index in [4.69, 9.17) is 0 Å². The molecule has 2 aliphatic rings. The maximum Gasteiger partial charge on any atom is 0.257 e. The Morgan fingerprint density at radius 2 is 1.61 bits per heavy atom. The highest BCUT2D eigenvalue weighted by molar-refractivity contribution is 6.25. The Kier molecular flexibility index (Phi) is 5.77. The van der Waals surface area contributed by atoms with E-state index in [1.807, 2.05) is 31.2 Å². The van der Waals surface area contributed by atoms with Gasteiger partial charge in [0, 0.05) is 5.69 Å². The van der Waals surface area contributed by atoms with Crippen molar-refractivity contribution in [3.05, 3.63) is 70.8 Å². The number of carbonyl (C=O) groups is 3. The lowest BCUT2D eigenvalue weighted by Gasteiger charge is -2.20. The van der Waals surface area contributed by atoms with Crippen LogP contribution in [0.1, 0.15) is 55.1 Å². The second-order valence-electron chi connectivity index (χ2n) is 8.34. The Morgan fingerprint density at radius 1 is 0.968 bits per heavy atom. The Labute approximate surface area is 183 Å². The van der Waals surface area contributed by atoms with Crippen molar-refractivity contribution in [2.24, 2.45) is 11.8 Å². The lowest BCUT2D eigenvalue weighted by Crippen LogP contribution is -2.33. The molecule has 0 saturated carbocycles. The third-order valence-corrected chi connectivity index (χ3v) is 6.45. The second-order valence-corrected chi connectivity index (χ2v) is 8.34. The summed E-state index contributed by atoms with van der Waals surface area (Å²) >= 11 is 0. The van der Waals surface area contributed by atoms with E-state index in [2.05, 4.69) is 19.2 Å². The largest absolute Gasteiger partial charge is 0.321 e. The number of nitrogens with one attached hydrogen (secondary N) is 1. The number of imide groups is 1. The number of hydrogen-bond acceptors (Lipinski definition) is 3. The van der Waals surface area contributed by atoms with Gasteiger partial charge in [-0.1, -0.05) is 55.8 Å². The van der Waals surface area contributed by atoms with E-state index in [1.165, 1.54) is 4.90 Å². The number of anilines is 2. The summed E-state index contributed by atoms with van der Waals surface area (Å²) in [5.74, 6) is -1.38. The van der Waals surface area contributed by atoms with Gasteiger partial charge in [0.15, 0.2) is 0 Å². The summed E-state index contributed by atoms with van der Waals surface area (Å²) in [7, 11) is 0. The molecular formula is C26H28N2O3. The van der Waals surface area contributed by atoms with Gasteiger partial charge in [0.1, 0.15) is 0 Å². The average Bonchev–Trinajstić information content (AvgIpc) is 3.03. The third kappa shape index (κ3) is 3.69. The van der Waals surface area contributed by atoms with Crippen LogP contribution in [0.25, 0.3) is 0 Å². The first kappa shape index (κ1) is 21.0. The van der Waals surface area contributed by atoms with Gasteiger partial charge in [-0.05, 0) is 55.9 Å². The third-order valence-electron chi connectivity index (χ3n) is 6.45. The lowest BCUT2D eigenvalue weighted by atomic mass is 9.82. The van der Waals surface area contributed by atoms with Crippen molar-refractivity contribution in [3.63, 3.8) is 0 Å². The second kappa shape index (κ2) is 8.50. The molecule has 4 rings (SSSR count). The zero-order valence-corrected chi connectivity index (χ0v) is 18.3. The minimum absolute atomic E-state index is 0.203. The number of nitrogens with zero attached hydrogens (tertiary/aromatic N) is 1. The Hall–Kier alpha value is -3.21. The van der Waals surface area contributed by atoms with Crippen molar-refractivity contribution < 1.29 is 14.4 Å². The summed E-state index contributed by atoms with van der Waals surface area (Å²) < 4.78 is 0. The molecule has 5 heteroatoms. The monoisotopic (exact) mass is 416 g/mol. The van der Waals surface area contributed by atoms with Crippen LogP contribution in [0.3, 0.4) is 0 Å². The van der Waals surface area contributed by atoms with Crippen LogP contribution in [0.2, 0.25) is 0 Å². The average molecular weight is 417 g/mol. The molecule has 2 atom stereocenters. The van der Waals surface area contributed by atoms with Gasteiger partial charge in [-0.3, -0.25) is 14.4 Å². The smallest absolute Gasteiger partial charge is 0.257 e. The molecule has 1 aliphatic carbocycles. The van der Waals surface area contributed by atoms with Crippen molar-refractivity contribution in [3.8, 4) is 0 Å². The van der Waals surface area contributed by atoms with Crippen molar-refractivity contribution in [1.82, 2.24) is 0 Å². The van der Waals surface area contributed by atoms with Gasteiger partial charge in [-0.15, -0.1) is 0 Å². The summed E-state index contributed by atoms with van der Waals surface area (Å²) in [6.07, 6.45) is 4.82. The van der Waals surface area contributed by atoms with Crippen molar-refractivity contribution in [2.45, 2.75) is 46.5 Å². The zero-order chi connectivity index (χ0) is 22.1. The Balaban J connectivity index is 1.69. The highest BCUT2D eigenvalue weighted by atomic mass is 16.2. The standard InChI is InChI=1S/C26H28N2O3/c1-4-17-9-8-10-18(5-2)23(17)27-24(29)20-11-6-7-12-22(20)28-25(30)19-14-13-16(3)15-21(19)26(28)31/h6-13,19,21H,4-5,14-15H2,1-3H3,(H,27,29)/t19-,21-/m1/s1. The predicted octanol–water partition coefficient (Wildman–Crippen LogP) is 4.91. The summed E-state index contributed by atoms with van der Waals surface area (Å²) in [4.78, 5) is 40.9. The van der Waals surface area contributed by atoms with Gasteiger partial charge >= 0.3 is 0 Å². The molecule has 0 bridgehead atoms. The molecule has 0 radical (unpaired) electrons. The molecule has 0 spiro atoms. The molecule has 1 aliphatic heterocycles. The lowest BCUT2D eigenvalue weighted by molar-refractivity contribution is -0.122. The molecular weight excluding hydrogens is 388 g/mol. The van der Waals surface area contributed by atoms with Gasteiger partial charge in [-0.25, -0.2) is 4.90 Å². The van der Waals surface area contributed by atoms with Crippen LogP contribution in [0.5, 0.6) is 0 Å². The first-order valence-electron chi connectivity index (χ1n) is 11.0. The molecule has 1 heterocycles. The molecule has 2 aromatic rings. The molecule has 31 heavy (non-hydrogen) atoms. The first-order chi connectivity index (χ1) is 15.0. The molecule has 5 nitrogen and oxygen atoms in total. The Bertz CT molecular complexity index is 1060. The Morgan fingerprint density at radius 3 is 2.29 bits per heavy atom. The van der Waals surface area contributed by atoms with Crippen molar-refractivity contribution >= 4 is 29.1 Å². The van der Waals surface area contributed by atoms with Crippen molar-refractivity contribution in [2.75, 3.05) is 10.2 Å². The summed E-state index contributed by atoms with van der Waals surface area (Å²) in [6.45, 7) is 6.10. The summed E-state index contributed by atoms with van der Waals surface area (Å²) in [6, 6.07) is 12.9. The minimum atomic E-state index is -0.333. The molecule has 0 unspecified atom stereocenters. The molecule has 1 saturated heterocycles. The van der Waals surface area contributed by atoms with Crippen LogP contribution in [0.15, 0.2) is 54.1 Å². The molecule has 3 amide bonds. The van der Waals surface area contributed by atoms with Crippen LogP contribution < -0.4 is 10.2 Å². The molecule has 0 aromatic heterocycles. The number of amides is 3. The topological polar surface area (TPSA) is 66.5 Å². The summed E-state index contributed by atoms with van der Waals surface area (Å²) in [5, 5.41) is 3.06. The number of allylic oxidation sites excluding steroid dienone is 2. The van der Waals surface area contributed by atoms with Crippen molar-refractivity contribution in [1.29, 1.82) is 0 Å². The highest BCUT2D eigenvalue weighted by Gasteiger charge is 2.49.